The van der Waals surface area contributed by atoms with E-state index in [0.717, 1.165) is 25.9 Å². The molecular formula is C25H27FN4O3S. The van der Waals surface area contributed by atoms with Gasteiger partial charge in [-0.25, -0.2) is 12.8 Å². The number of piperazine rings is 1. The summed E-state index contributed by atoms with van der Waals surface area (Å²) < 4.78 is 41.1. The molecule has 3 heterocycles. The molecule has 3 aromatic rings. The number of hydrogen-bond donors (Lipinski definition) is 0. The van der Waals surface area contributed by atoms with Gasteiger partial charge in [0.25, 0.3) is 0 Å². The standard InChI is InChI=1S/C25H27FN4O3S/c26-22-3-1-21-16-24(4-2-20(21)15-22)34(32,33)30-14-13-29(25(31)18-30)17-19-7-11-28(12-8-19)23-5-9-27-10-6-23/h1-6,9-10,15-16,19H,7-8,11-14,17-18H2. The second kappa shape index (κ2) is 9.31. The van der Waals surface area contributed by atoms with Crippen molar-refractivity contribution in [3.8, 4) is 0 Å². The van der Waals surface area contributed by atoms with Gasteiger partial charge in [0.15, 0.2) is 0 Å². The molecule has 2 fully saturated rings. The lowest BCUT2D eigenvalue weighted by atomic mass is 9.95. The Morgan fingerprint density at radius 3 is 2.35 bits per heavy atom. The first-order chi connectivity index (χ1) is 16.4. The highest BCUT2D eigenvalue weighted by Crippen LogP contribution is 2.26. The van der Waals surface area contributed by atoms with E-state index >= 15 is 0 Å². The van der Waals surface area contributed by atoms with Crippen LogP contribution in [0.2, 0.25) is 0 Å². The summed E-state index contributed by atoms with van der Waals surface area (Å²) in [6.07, 6.45) is 5.58. The predicted octanol–water partition coefficient (Wildman–Crippen LogP) is 3.12. The Balaban J connectivity index is 1.19. The SMILES string of the molecule is O=C1CN(S(=O)(=O)c2ccc3cc(F)ccc3c2)CCN1CC1CCN(c2ccncc2)CC1. The molecule has 0 radical (unpaired) electrons. The van der Waals surface area contributed by atoms with Crippen molar-refractivity contribution >= 4 is 32.4 Å². The lowest BCUT2D eigenvalue weighted by Crippen LogP contribution is -2.53. The number of benzene rings is 2. The van der Waals surface area contributed by atoms with Crippen molar-refractivity contribution in [2.24, 2.45) is 5.92 Å². The number of pyridine rings is 1. The maximum atomic E-state index is 13.4. The number of rotatable bonds is 5. The van der Waals surface area contributed by atoms with Gasteiger partial charge in [0.1, 0.15) is 5.82 Å². The number of anilines is 1. The fourth-order valence-electron chi connectivity index (χ4n) is 4.83. The summed E-state index contributed by atoms with van der Waals surface area (Å²) >= 11 is 0. The van der Waals surface area contributed by atoms with Crippen LogP contribution >= 0.6 is 0 Å². The number of carbonyl (C=O) groups excluding carboxylic acids is 1. The van der Waals surface area contributed by atoms with E-state index in [1.165, 1.54) is 34.3 Å². The maximum Gasteiger partial charge on any atom is 0.243 e. The maximum absolute atomic E-state index is 13.4. The van der Waals surface area contributed by atoms with Crippen LogP contribution in [-0.4, -0.2) is 67.8 Å². The topological polar surface area (TPSA) is 73.8 Å². The number of halogens is 1. The minimum Gasteiger partial charge on any atom is -0.371 e. The average Bonchev–Trinajstić information content (AvgIpc) is 2.86. The van der Waals surface area contributed by atoms with E-state index in [1.54, 1.807) is 24.5 Å². The van der Waals surface area contributed by atoms with Crippen LogP contribution in [-0.2, 0) is 14.8 Å². The van der Waals surface area contributed by atoms with Gasteiger partial charge >= 0.3 is 0 Å². The van der Waals surface area contributed by atoms with Gasteiger partial charge in [-0.05, 0) is 65.9 Å². The van der Waals surface area contributed by atoms with Gasteiger partial charge in [-0.2, -0.15) is 4.31 Å². The molecule has 178 valence electrons. The van der Waals surface area contributed by atoms with Gasteiger partial charge in [0, 0.05) is 50.8 Å². The molecule has 2 saturated heterocycles. The van der Waals surface area contributed by atoms with Gasteiger partial charge in [0.2, 0.25) is 15.9 Å². The highest BCUT2D eigenvalue weighted by Gasteiger charge is 2.34. The summed E-state index contributed by atoms with van der Waals surface area (Å²) in [5.74, 6) is -0.117. The van der Waals surface area contributed by atoms with Crippen LogP contribution in [0.5, 0.6) is 0 Å². The molecule has 2 aliphatic heterocycles. The van der Waals surface area contributed by atoms with Crippen LogP contribution in [0, 0.1) is 11.7 Å². The highest BCUT2D eigenvalue weighted by molar-refractivity contribution is 7.89. The van der Waals surface area contributed by atoms with Crippen molar-refractivity contribution in [1.29, 1.82) is 0 Å². The molecule has 0 atom stereocenters. The van der Waals surface area contributed by atoms with Gasteiger partial charge in [-0.15, -0.1) is 0 Å². The summed E-state index contributed by atoms with van der Waals surface area (Å²) in [6, 6.07) is 12.9. The van der Waals surface area contributed by atoms with Crippen molar-refractivity contribution in [2.45, 2.75) is 17.7 Å². The third-order valence-electron chi connectivity index (χ3n) is 6.82. The Bertz CT molecular complexity index is 1290. The number of carbonyl (C=O) groups is 1. The van der Waals surface area contributed by atoms with Crippen molar-refractivity contribution < 1.29 is 17.6 Å². The van der Waals surface area contributed by atoms with Crippen LogP contribution in [0.1, 0.15) is 12.8 Å². The summed E-state index contributed by atoms with van der Waals surface area (Å²) in [6.45, 7) is 3.04. The minimum atomic E-state index is -3.81. The molecule has 2 aromatic carbocycles. The Morgan fingerprint density at radius 2 is 1.62 bits per heavy atom. The molecule has 2 aliphatic rings. The van der Waals surface area contributed by atoms with Gasteiger partial charge < -0.3 is 9.80 Å². The Morgan fingerprint density at radius 1 is 0.912 bits per heavy atom. The molecule has 1 amide bonds. The predicted molar refractivity (Wildman–Crippen MR) is 128 cm³/mol. The zero-order valence-corrected chi connectivity index (χ0v) is 19.6. The minimum absolute atomic E-state index is 0.122. The third-order valence-corrected chi connectivity index (χ3v) is 8.66. The lowest BCUT2D eigenvalue weighted by Gasteiger charge is -2.38. The molecule has 0 saturated carbocycles. The Hall–Kier alpha value is -3.04. The molecule has 1 aromatic heterocycles. The zero-order valence-electron chi connectivity index (χ0n) is 18.8. The zero-order chi connectivity index (χ0) is 23.7. The molecule has 0 spiro atoms. The van der Waals surface area contributed by atoms with Crippen LogP contribution in [0.25, 0.3) is 10.8 Å². The second-order valence-corrected chi connectivity index (χ2v) is 10.9. The molecule has 0 unspecified atom stereocenters. The normalized spacial score (nSPS) is 18.6. The number of amides is 1. The van der Waals surface area contributed by atoms with Gasteiger partial charge in [0.05, 0.1) is 11.4 Å². The smallest absolute Gasteiger partial charge is 0.243 e. The van der Waals surface area contributed by atoms with Gasteiger partial charge in [-0.1, -0.05) is 12.1 Å². The summed E-state index contributed by atoms with van der Waals surface area (Å²) in [4.78, 5) is 21.2. The number of aromatic nitrogens is 1. The van der Waals surface area contributed by atoms with Crippen LogP contribution < -0.4 is 4.90 Å². The first kappa shape index (κ1) is 22.7. The van der Waals surface area contributed by atoms with Crippen molar-refractivity contribution in [1.82, 2.24) is 14.2 Å². The average molecular weight is 483 g/mol. The van der Waals surface area contributed by atoms with E-state index in [0.29, 0.717) is 29.8 Å². The van der Waals surface area contributed by atoms with Crippen molar-refractivity contribution in [3.63, 3.8) is 0 Å². The van der Waals surface area contributed by atoms with E-state index in [4.69, 9.17) is 0 Å². The summed E-state index contributed by atoms with van der Waals surface area (Å²) in [5.41, 5.74) is 1.17. The van der Waals surface area contributed by atoms with Crippen LogP contribution in [0.3, 0.4) is 0 Å². The molecule has 0 N–H and O–H groups in total. The van der Waals surface area contributed by atoms with Crippen LogP contribution in [0.15, 0.2) is 65.8 Å². The fraction of sp³-hybridized carbons (Fsp3) is 0.360. The molecule has 0 bridgehead atoms. The molecule has 5 rings (SSSR count). The largest absolute Gasteiger partial charge is 0.371 e. The first-order valence-electron chi connectivity index (χ1n) is 11.5. The summed E-state index contributed by atoms with van der Waals surface area (Å²) in [7, 11) is -3.81. The molecular weight excluding hydrogens is 455 g/mol. The van der Waals surface area contributed by atoms with E-state index in [-0.39, 0.29) is 29.7 Å². The van der Waals surface area contributed by atoms with Crippen LogP contribution in [0.4, 0.5) is 10.1 Å². The molecule has 0 aliphatic carbocycles. The number of hydrogen-bond acceptors (Lipinski definition) is 5. The molecule has 9 heteroatoms. The van der Waals surface area contributed by atoms with E-state index in [1.807, 2.05) is 17.0 Å². The quantitative estimate of drug-likeness (QED) is 0.559. The highest BCUT2D eigenvalue weighted by atomic mass is 32.2. The molecule has 34 heavy (non-hydrogen) atoms. The number of piperidine rings is 1. The van der Waals surface area contributed by atoms with Crippen molar-refractivity contribution in [2.75, 3.05) is 44.2 Å². The van der Waals surface area contributed by atoms with E-state index in [9.17, 15) is 17.6 Å². The first-order valence-corrected chi connectivity index (χ1v) is 13.0. The summed E-state index contributed by atoms with van der Waals surface area (Å²) in [5, 5.41) is 1.28. The second-order valence-electron chi connectivity index (χ2n) is 8.97. The third kappa shape index (κ3) is 4.63. The van der Waals surface area contributed by atoms with Crippen molar-refractivity contribution in [3.05, 3.63) is 66.7 Å². The molecule has 7 nitrogen and oxygen atoms in total. The number of fused-ring (bicyclic) bond motifs is 1. The lowest BCUT2D eigenvalue weighted by molar-refractivity contribution is -0.134. The Labute approximate surface area is 198 Å². The number of sulfonamides is 1. The van der Waals surface area contributed by atoms with Gasteiger partial charge in [-0.3, -0.25) is 9.78 Å². The Kier molecular flexibility index (Phi) is 6.22. The fourth-order valence-corrected chi connectivity index (χ4v) is 6.25. The van der Waals surface area contributed by atoms with E-state index in [2.05, 4.69) is 9.88 Å². The van der Waals surface area contributed by atoms with E-state index < -0.39 is 10.0 Å². The monoisotopic (exact) mass is 482 g/mol. The number of nitrogens with zero attached hydrogens (tertiary/aromatic N) is 4.